The van der Waals surface area contributed by atoms with Crippen molar-refractivity contribution >= 4 is 0 Å². The molecule has 112 valence electrons. The van der Waals surface area contributed by atoms with Crippen LogP contribution in [0.15, 0.2) is 24.8 Å². The minimum Gasteiger partial charge on any atom is -0.504 e. The van der Waals surface area contributed by atoms with Gasteiger partial charge >= 0.3 is 0 Å². The largest absolute Gasteiger partial charge is 0.504 e. The van der Waals surface area contributed by atoms with Crippen LogP contribution in [0.25, 0.3) is 0 Å². The number of hydrogen-bond acceptors (Lipinski definition) is 4. The third-order valence-electron chi connectivity index (χ3n) is 3.65. The van der Waals surface area contributed by atoms with E-state index >= 15 is 0 Å². The average Bonchev–Trinajstić information content (AvgIpc) is 2.47. The summed E-state index contributed by atoms with van der Waals surface area (Å²) in [5.74, 6) is 0.625. The maximum absolute atomic E-state index is 10.0. The van der Waals surface area contributed by atoms with E-state index in [9.17, 15) is 10.2 Å². The minimum atomic E-state index is -0.302. The van der Waals surface area contributed by atoms with Crippen LogP contribution in [0.5, 0.6) is 11.5 Å². The second kappa shape index (κ2) is 7.31. The second-order valence-corrected chi connectivity index (χ2v) is 5.22. The van der Waals surface area contributed by atoms with Crippen LogP contribution in [0.2, 0.25) is 0 Å². The number of rotatable bonds is 8. The van der Waals surface area contributed by atoms with Crippen LogP contribution in [0.3, 0.4) is 0 Å². The Labute approximate surface area is 121 Å². The first-order valence-electron chi connectivity index (χ1n) is 6.85. The van der Waals surface area contributed by atoms with Crippen LogP contribution in [-0.4, -0.2) is 29.5 Å². The number of phenolic OH excluding ortho intramolecular Hbond substituents is 1. The fourth-order valence-electron chi connectivity index (χ4n) is 1.91. The molecule has 1 aromatic rings. The number of hydrogen-bond donors (Lipinski definition) is 3. The third kappa shape index (κ3) is 3.99. The summed E-state index contributed by atoms with van der Waals surface area (Å²) in [6.45, 7) is 8.39. The van der Waals surface area contributed by atoms with E-state index in [-0.39, 0.29) is 17.9 Å². The van der Waals surface area contributed by atoms with Gasteiger partial charge in [-0.3, -0.25) is 0 Å². The monoisotopic (exact) mass is 279 g/mol. The predicted octanol–water partition coefficient (Wildman–Crippen LogP) is 2.38. The predicted molar refractivity (Wildman–Crippen MR) is 81.2 cm³/mol. The molecular formula is C16H25NO3. The topological polar surface area (TPSA) is 61.7 Å². The Morgan fingerprint density at radius 1 is 1.45 bits per heavy atom. The number of aliphatic hydroxyl groups excluding tert-OH is 1. The van der Waals surface area contributed by atoms with Gasteiger partial charge in [-0.15, -0.1) is 6.58 Å². The van der Waals surface area contributed by atoms with E-state index in [0.717, 1.165) is 17.5 Å². The summed E-state index contributed by atoms with van der Waals surface area (Å²) in [6.07, 6.45) is 3.16. The van der Waals surface area contributed by atoms with Gasteiger partial charge in [0.05, 0.1) is 13.7 Å². The van der Waals surface area contributed by atoms with Crippen molar-refractivity contribution in [3.8, 4) is 11.5 Å². The Balaban J connectivity index is 2.95. The van der Waals surface area contributed by atoms with Crippen LogP contribution < -0.4 is 10.1 Å². The molecule has 1 unspecified atom stereocenters. The lowest BCUT2D eigenvalue weighted by Crippen LogP contribution is -2.44. The van der Waals surface area contributed by atoms with Crippen LogP contribution in [0, 0.1) is 0 Å². The van der Waals surface area contributed by atoms with E-state index < -0.39 is 0 Å². The highest BCUT2D eigenvalue weighted by Crippen LogP contribution is 2.32. The fourth-order valence-corrected chi connectivity index (χ4v) is 1.91. The second-order valence-electron chi connectivity index (χ2n) is 5.22. The quantitative estimate of drug-likeness (QED) is 0.639. The Hall–Kier alpha value is -1.52. The van der Waals surface area contributed by atoms with Crippen molar-refractivity contribution in [1.29, 1.82) is 0 Å². The molecule has 0 bridgehead atoms. The van der Waals surface area contributed by atoms with Gasteiger partial charge in [-0.05, 0) is 31.4 Å². The molecule has 0 aromatic heterocycles. The lowest BCUT2D eigenvalue weighted by molar-refractivity contribution is 0.169. The van der Waals surface area contributed by atoms with E-state index in [1.807, 2.05) is 26.0 Å². The number of aromatic hydroxyl groups is 1. The van der Waals surface area contributed by atoms with Crippen molar-refractivity contribution in [2.24, 2.45) is 0 Å². The third-order valence-corrected chi connectivity index (χ3v) is 3.65. The van der Waals surface area contributed by atoms with Gasteiger partial charge in [0.1, 0.15) is 0 Å². The van der Waals surface area contributed by atoms with E-state index in [0.29, 0.717) is 18.7 Å². The molecule has 0 spiro atoms. The Bertz CT molecular complexity index is 453. The molecule has 4 nitrogen and oxygen atoms in total. The summed E-state index contributed by atoms with van der Waals surface area (Å²) in [5.41, 5.74) is 1.49. The molecule has 3 N–H and O–H groups in total. The summed E-state index contributed by atoms with van der Waals surface area (Å²) in [4.78, 5) is 0. The number of allylic oxidation sites excluding steroid dienone is 1. The molecule has 1 atom stereocenters. The maximum Gasteiger partial charge on any atom is 0.161 e. The van der Waals surface area contributed by atoms with Gasteiger partial charge in [0.2, 0.25) is 0 Å². The molecule has 20 heavy (non-hydrogen) atoms. The standard InChI is InChI=1S/C16H25NO3/c1-5-7-13-8-12(9-14(20-4)15(13)19)10-17-16(3,6-2)11-18/h5,8-9,17-19H,1,6-7,10-11H2,2-4H3. The summed E-state index contributed by atoms with van der Waals surface area (Å²) in [5, 5.41) is 22.8. The number of ether oxygens (including phenoxy) is 1. The minimum absolute atomic E-state index is 0.0816. The molecule has 0 radical (unpaired) electrons. The number of methoxy groups -OCH3 is 1. The van der Waals surface area contributed by atoms with Crippen LogP contribution in [0.4, 0.5) is 0 Å². The van der Waals surface area contributed by atoms with Crippen LogP contribution >= 0.6 is 0 Å². The highest BCUT2D eigenvalue weighted by molar-refractivity contribution is 5.49. The van der Waals surface area contributed by atoms with Gasteiger partial charge < -0.3 is 20.3 Å². The van der Waals surface area contributed by atoms with Crippen LogP contribution in [-0.2, 0) is 13.0 Å². The molecule has 0 aliphatic carbocycles. The Morgan fingerprint density at radius 3 is 2.65 bits per heavy atom. The lowest BCUT2D eigenvalue weighted by atomic mass is 9.99. The van der Waals surface area contributed by atoms with Crippen molar-refractivity contribution in [2.75, 3.05) is 13.7 Å². The lowest BCUT2D eigenvalue weighted by Gasteiger charge is -2.27. The van der Waals surface area contributed by atoms with Gasteiger partial charge in [-0.1, -0.05) is 19.1 Å². The fraction of sp³-hybridized carbons (Fsp3) is 0.500. The summed E-state index contributed by atoms with van der Waals surface area (Å²) in [7, 11) is 1.54. The molecule has 0 fully saturated rings. The molecule has 0 saturated carbocycles. The summed E-state index contributed by atoms with van der Waals surface area (Å²) in [6, 6.07) is 3.74. The number of aliphatic hydroxyl groups is 1. The SMILES string of the molecule is C=CCc1cc(CNC(C)(CC)CO)cc(OC)c1O. The molecule has 0 saturated heterocycles. The van der Waals surface area contributed by atoms with Gasteiger partial charge in [0.15, 0.2) is 11.5 Å². The molecule has 0 aliphatic rings. The van der Waals surface area contributed by atoms with Gasteiger partial charge in [0.25, 0.3) is 0 Å². The maximum atomic E-state index is 10.0. The van der Waals surface area contributed by atoms with Crippen molar-refractivity contribution in [1.82, 2.24) is 5.32 Å². The van der Waals surface area contributed by atoms with E-state index in [2.05, 4.69) is 11.9 Å². The first-order valence-corrected chi connectivity index (χ1v) is 6.85. The van der Waals surface area contributed by atoms with Crippen molar-refractivity contribution in [2.45, 2.75) is 38.8 Å². The van der Waals surface area contributed by atoms with Gasteiger partial charge in [-0.25, -0.2) is 0 Å². The highest BCUT2D eigenvalue weighted by Gasteiger charge is 2.20. The average molecular weight is 279 g/mol. The first kappa shape index (κ1) is 16.5. The zero-order valence-electron chi connectivity index (χ0n) is 12.6. The highest BCUT2D eigenvalue weighted by atomic mass is 16.5. The van der Waals surface area contributed by atoms with Gasteiger partial charge in [0, 0.05) is 17.6 Å². The molecular weight excluding hydrogens is 254 g/mol. The first-order chi connectivity index (χ1) is 9.49. The molecule has 4 heteroatoms. The van der Waals surface area contributed by atoms with E-state index in [4.69, 9.17) is 4.74 Å². The molecule has 0 amide bonds. The molecule has 1 rings (SSSR count). The summed E-state index contributed by atoms with van der Waals surface area (Å²) >= 11 is 0. The normalized spacial score (nSPS) is 13.8. The molecule has 1 aromatic carbocycles. The van der Waals surface area contributed by atoms with Crippen molar-refractivity contribution in [3.05, 3.63) is 35.9 Å². The number of benzene rings is 1. The smallest absolute Gasteiger partial charge is 0.161 e. The zero-order chi connectivity index (χ0) is 15.2. The Kier molecular flexibility index (Phi) is 6.05. The molecule has 0 aliphatic heterocycles. The number of phenols is 1. The summed E-state index contributed by atoms with van der Waals surface area (Å²) < 4.78 is 5.20. The van der Waals surface area contributed by atoms with E-state index in [1.165, 1.54) is 7.11 Å². The van der Waals surface area contributed by atoms with Crippen molar-refractivity contribution < 1.29 is 14.9 Å². The van der Waals surface area contributed by atoms with Crippen LogP contribution in [0.1, 0.15) is 31.4 Å². The molecule has 0 heterocycles. The number of nitrogens with one attached hydrogen (secondary N) is 1. The van der Waals surface area contributed by atoms with E-state index in [1.54, 1.807) is 6.08 Å². The zero-order valence-corrected chi connectivity index (χ0v) is 12.6. The van der Waals surface area contributed by atoms with Crippen molar-refractivity contribution in [3.63, 3.8) is 0 Å². The Morgan fingerprint density at radius 2 is 2.15 bits per heavy atom. The van der Waals surface area contributed by atoms with Gasteiger partial charge in [-0.2, -0.15) is 0 Å².